The van der Waals surface area contributed by atoms with Gasteiger partial charge >= 0.3 is 5.97 Å². The Hall–Kier alpha value is -2.07. The van der Waals surface area contributed by atoms with Crippen molar-refractivity contribution in [1.29, 1.82) is 0 Å². The molecular weight excluding hydrogens is 269 g/mol. The van der Waals surface area contributed by atoms with E-state index in [0.29, 0.717) is 0 Å². The first-order valence-corrected chi connectivity index (χ1v) is 5.98. The highest BCUT2D eigenvalue weighted by atomic mass is 35.5. The normalized spacial score (nSPS) is 10.0. The summed E-state index contributed by atoms with van der Waals surface area (Å²) < 4.78 is 13.4. The fourth-order valence-electron chi connectivity index (χ4n) is 1.50. The van der Waals surface area contributed by atoms with Gasteiger partial charge in [-0.05, 0) is 17.7 Å². The van der Waals surface area contributed by atoms with Crippen LogP contribution >= 0.6 is 11.6 Å². The van der Waals surface area contributed by atoms with Crippen molar-refractivity contribution in [3.8, 4) is 0 Å². The van der Waals surface area contributed by atoms with Gasteiger partial charge in [0.15, 0.2) is 5.82 Å². The molecule has 2 aromatic rings. The van der Waals surface area contributed by atoms with Gasteiger partial charge in [-0.25, -0.2) is 14.7 Å². The first-order chi connectivity index (χ1) is 9.16. The van der Waals surface area contributed by atoms with Crippen LogP contribution < -0.4 is 5.48 Å². The van der Waals surface area contributed by atoms with E-state index in [1.54, 1.807) is 12.1 Å². The molecule has 0 amide bonds. The van der Waals surface area contributed by atoms with Crippen LogP contribution in [0.15, 0.2) is 48.5 Å². The lowest BCUT2D eigenvalue weighted by molar-refractivity contribution is -0.139. The monoisotopic (exact) mass is 279 g/mol. The van der Waals surface area contributed by atoms with Gasteiger partial charge in [0.05, 0.1) is 11.4 Å². The Balaban J connectivity index is 1.94. The minimum absolute atomic E-state index is 0.0504. The number of anilines is 1. The largest absolute Gasteiger partial charge is 0.343 e. The van der Waals surface area contributed by atoms with Crippen molar-refractivity contribution < 1.29 is 14.0 Å². The van der Waals surface area contributed by atoms with Gasteiger partial charge in [-0.2, -0.15) is 0 Å². The number of para-hydroxylation sites is 1. The molecule has 98 valence electrons. The molecule has 0 saturated heterocycles. The Bertz CT molecular complexity index is 555. The number of rotatable bonds is 4. The summed E-state index contributed by atoms with van der Waals surface area (Å²) in [4.78, 5) is 16.3. The number of hydrogen-bond donors (Lipinski definition) is 1. The fourth-order valence-corrected chi connectivity index (χ4v) is 1.70. The highest BCUT2D eigenvalue weighted by Gasteiger charge is 2.10. The molecule has 0 atom stereocenters. The van der Waals surface area contributed by atoms with Gasteiger partial charge in [0, 0.05) is 0 Å². The van der Waals surface area contributed by atoms with Crippen LogP contribution in [0.1, 0.15) is 5.56 Å². The van der Waals surface area contributed by atoms with E-state index in [0.717, 1.165) is 5.56 Å². The van der Waals surface area contributed by atoms with Crippen molar-refractivity contribution in [2.45, 2.75) is 6.42 Å². The Morgan fingerprint density at radius 1 is 1.16 bits per heavy atom. The Labute approximate surface area is 114 Å². The smallest absolute Gasteiger partial charge is 0.336 e. The Morgan fingerprint density at radius 3 is 2.58 bits per heavy atom. The zero-order chi connectivity index (χ0) is 13.7. The van der Waals surface area contributed by atoms with Gasteiger partial charge in [0.2, 0.25) is 0 Å². The summed E-state index contributed by atoms with van der Waals surface area (Å²) in [6.45, 7) is 0. The molecule has 0 saturated carbocycles. The van der Waals surface area contributed by atoms with Crippen molar-refractivity contribution in [2.75, 3.05) is 5.48 Å². The van der Waals surface area contributed by atoms with Gasteiger partial charge in [-0.1, -0.05) is 48.0 Å². The van der Waals surface area contributed by atoms with Crippen LogP contribution in [0.2, 0.25) is 5.02 Å². The van der Waals surface area contributed by atoms with E-state index >= 15 is 0 Å². The number of halogens is 2. The van der Waals surface area contributed by atoms with Crippen molar-refractivity contribution in [2.24, 2.45) is 0 Å². The summed E-state index contributed by atoms with van der Waals surface area (Å²) in [5.41, 5.74) is 3.01. The molecule has 19 heavy (non-hydrogen) atoms. The van der Waals surface area contributed by atoms with Crippen molar-refractivity contribution in [1.82, 2.24) is 0 Å². The van der Waals surface area contributed by atoms with E-state index in [2.05, 4.69) is 5.48 Å². The van der Waals surface area contributed by atoms with Gasteiger partial charge < -0.3 is 4.84 Å². The highest BCUT2D eigenvalue weighted by Crippen LogP contribution is 2.24. The lowest BCUT2D eigenvalue weighted by Gasteiger charge is -2.09. The number of benzene rings is 2. The first-order valence-electron chi connectivity index (χ1n) is 5.60. The number of carbonyl (C=O) groups is 1. The molecule has 0 aliphatic rings. The Morgan fingerprint density at radius 2 is 1.89 bits per heavy atom. The molecular formula is C14H11ClFNO2. The maximum atomic E-state index is 13.4. The minimum atomic E-state index is -0.583. The predicted octanol–water partition coefficient (Wildman–Crippen LogP) is 3.59. The molecule has 2 rings (SSSR count). The van der Waals surface area contributed by atoms with E-state index in [1.807, 2.05) is 18.2 Å². The second kappa shape index (κ2) is 6.20. The van der Waals surface area contributed by atoms with Crippen molar-refractivity contribution in [3.05, 3.63) is 64.9 Å². The second-order valence-corrected chi connectivity index (χ2v) is 4.24. The lowest BCUT2D eigenvalue weighted by atomic mass is 10.2. The minimum Gasteiger partial charge on any atom is -0.343 e. The molecule has 0 bridgehead atoms. The molecule has 0 fully saturated rings. The standard InChI is InChI=1S/C14H11ClFNO2/c15-11-7-4-8-12(16)14(11)17-19-13(18)9-10-5-2-1-3-6-10/h1-8,17H,9H2. The van der Waals surface area contributed by atoms with Gasteiger partial charge in [-0.15, -0.1) is 0 Å². The molecule has 0 aliphatic heterocycles. The average Bonchev–Trinajstić information content (AvgIpc) is 2.39. The number of carbonyl (C=O) groups excluding carboxylic acids is 1. The molecule has 0 unspecified atom stereocenters. The highest BCUT2D eigenvalue weighted by molar-refractivity contribution is 6.33. The zero-order valence-corrected chi connectivity index (χ0v) is 10.7. The second-order valence-electron chi connectivity index (χ2n) is 3.84. The van der Waals surface area contributed by atoms with Gasteiger partial charge in [-0.3, -0.25) is 0 Å². The Kier molecular flexibility index (Phi) is 4.36. The van der Waals surface area contributed by atoms with E-state index in [1.165, 1.54) is 18.2 Å². The third-order valence-electron chi connectivity index (χ3n) is 2.42. The average molecular weight is 280 g/mol. The van der Waals surface area contributed by atoms with Crippen molar-refractivity contribution in [3.63, 3.8) is 0 Å². The van der Waals surface area contributed by atoms with Crippen LogP contribution in [0.3, 0.4) is 0 Å². The quantitative estimate of drug-likeness (QED) is 0.869. The fraction of sp³-hybridized carbons (Fsp3) is 0.0714. The maximum absolute atomic E-state index is 13.4. The van der Waals surface area contributed by atoms with Gasteiger partial charge in [0.1, 0.15) is 5.69 Å². The van der Waals surface area contributed by atoms with Crippen LogP contribution in [-0.4, -0.2) is 5.97 Å². The first kappa shape index (κ1) is 13.4. The van der Waals surface area contributed by atoms with E-state index in [4.69, 9.17) is 16.4 Å². The molecule has 0 aliphatic carbocycles. The summed E-state index contributed by atoms with van der Waals surface area (Å²) in [6.07, 6.45) is 0.0971. The molecule has 1 N–H and O–H groups in total. The van der Waals surface area contributed by atoms with E-state index in [9.17, 15) is 9.18 Å². The third-order valence-corrected chi connectivity index (χ3v) is 2.74. The summed E-state index contributed by atoms with van der Waals surface area (Å²) in [5.74, 6) is -1.11. The van der Waals surface area contributed by atoms with E-state index in [-0.39, 0.29) is 17.1 Å². The molecule has 0 radical (unpaired) electrons. The maximum Gasteiger partial charge on any atom is 0.336 e. The predicted molar refractivity (Wildman–Crippen MR) is 71.3 cm³/mol. The number of nitrogens with one attached hydrogen (secondary N) is 1. The summed E-state index contributed by atoms with van der Waals surface area (Å²) in [6, 6.07) is 13.3. The zero-order valence-electron chi connectivity index (χ0n) is 9.90. The van der Waals surface area contributed by atoms with Gasteiger partial charge in [0.25, 0.3) is 0 Å². The number of hydrogen-bond acceptors (Lipinski definition) is 3. The topological polar surface area (TPSA) is 38.3 Å². The van der Waals surface area contributed by atoms with Crippen LogP contribution in [0, 0.1) is 5.82 Å². The molecule has 0 spiro atoms. The van der Waals surface area contributed by atoms with Crippen LogP contribution in [0.4, 0.5) is 10.1 Å². The SMILES string of the molecule is O=C(Cc1ccccc1)ONc1c(F)cccc1Cl. The molecule has 3 nitrogen and oxygen atoms in total. The molecule has 0 heterocycles. The van der Waals surface area contributed by atoms with Crippen LogP contribution in [-0.2, 0) is 16.1 Å². The van der Waals surface area contributed by atoms with Crippen molar-refractivity contribution >= 4 is 23.3 Å². The molecule has 2 aromatic carbocycles. The van der Waals surface area contributed by atoms with E-state index < -0.39 is 11.8 Å². The third kappa shape index (κ3) is 3.69. The molecule has 5 heteroatoms. The summed E-state index contributed by atoms with van der Waals surface area (Å²) in [5, 5.41) is 0.146. The van der Waals surface area contributed by atoms with Crippen LogP contribution in [0.25, 0.3) is 0 Å². The lowest BCUT2D eigenvalue weighted by Crippen LogP contribution is -2.13. The summed E-state index contributed by atoms with van der Waals surface area (Å²) in [7, 11) is 0. The van der Waals surface area contributed by atoms with Crippen LogP contribution in [0.5, 0.6) is 0 Å². The summed E-state index contributed by atoms with van der Waals surface area (Å²) >= 11 is 5.78. The molecule has 0 aromatic heterocycles.